The quantitative estimate of drug-likeness (QED) is 0.819. The predicted molar refractivity (Wildman–Crippen MR) is 76.5 cm³/mol. The van der Waals surface area contributed by atoms with Crippen molar-refractivity contribution >= 4 is 5.91 Å². The number of nitrogens with one attached hydrogen (secondary N) is 1. The average molecular weight is 264 g/mol. The third-order valence-electron chi connectivity index (χ3n) is 5.74. The van der Waals surface area contributed by atoms with Gasteiger partial charge in [0, 0.05) is 19.5 Å². The van der Waals surface area contributed by atoms with Crippen molar-refractivity contribution in [1.29, 1.82) is 0 Å². The van der Waals surface area contributed by atoms with E-state index in [-0.39, 0.29) is 5.91 Å². The third kappa shape index (κ3) is 2.42. The molecule has 4 aliphatic carbocycles. The number of hydrogen-bond acceptors (Lipinski definition) is 2. The second-order valence-electron chi connectivity index (χ2n) is 8.45. The maximum atomic E-state index is 12.1. The Morgan fingerprint density at radius 1 is 1.16 bits per heavy atom. The number of hydrogen-bond donors (Lipinski definition) is 2. The SMILES string of the molecule is CC12CC3CC(C)(C1)CC(CC(=O)NCCN)(C3)C2. The minimum absolute atomic E-state index is 0.222. The van der Waals surface area contributed by atoms with Crippen LogP contribution < -0.4 is 11.1 Å². The molecule has 3 N–H and O–H groups in total. The molecule has 4 rings (SSSR count). The van der Waals surface area contributed by atoms with E-state index in [0.717, 1.165) is 12.3 Å². The molecule has 0 heterocycles. The summed E-state index contributed by atoms with van der Waals surface area (Å²) in [4.78, 5) is 12.1. The van der Waals surface area contributed by atoms with Crippen molar-refractivity contribution in [3.63, 3.8) is 0 Å². The summed E-state index contributed by atoms with van der Waals surface area (Å²) >= 11 is 0. The smallest absolute Gasteiger partial charge is 0.220 e. The molecular weight excluding hydrogens is 236 g/mol. The first-order valence-corrected chi connectivity index (χ1v) is 7.83. The number of amides is 1. The van der Waals surface area contributed by atoms with Gasteiger partial charge in [-0.05, 0) is 60.7 Å². The molecule has 0 spiro atoms. The summed E-state index contributed by atoms with van der Waals surface area (Å²) in [7, 11) is 0. The fourth-order valence-corrected chi connectivity index (χ4v) is 6.50. The van der Waals surface area contributed by atoms with Gasteiger partial charge in [0.2, 0.25) is 5.91 Å². The topological polar surface area (TPSA) is 55.1 Å². The summed E-state index contributed by atoms with van der Waals surface area (Å²) in [5.74, 6) is 1.09. The molecule has 0 aromatic heterocycles. The molecule has 3 nitrogen and oxygen atoms in total. The zero-order valence-electron chi connectivity index (χ0n) is 12.4. The van der Waals surface area contributed by atoms with E-state index in [0.29, 0.717) is 29.3 Å². The van der Waals surface area contributed by atoms with Crippen LogP contribution in [-0.2, 0) is 4.79 Å². The highest BCUT2D eigenvalue weighted by Gasteiger charge is 2.60. The Bertz CT molecular complexity index is 374. The summed E-state index contributed by atoms with van der Waals surface area (Å²) < 4.78 is 0. The van der Waals surface area contributed by atoms with E-state index < -0.39 is 0 Å². The number of nitrogens with two attached hydrogens (primary N) is 1. The number of carbonyl (C=O) groups is 1. The van der Waals surface area contributed by atoms with Gasteiger partial charge >= 0.3 is 0 Å². The van der Waals surface area contributed by atoms with E-state index in [1.54, 1.807) is 0 Å². The monoisotopic (exact) mass is 264 g/mol. The van der Waals surface area contributed by atoms with Crippen LogP contribution in [0, 0.1) is 22.2 Å². The van der Waals surface area contributed by atoms with Crippen LogP contribution in [-0.4, -0.2) is 19.0 Å². The van der Waals surface area contributed by atoms with E-state index in [1.165, 1.54) is 38.5 Å². The minimum Gasteiger partial charge on any atom is -0.355 e. The molecule has 1 amide bonds. The van der Waals surface area contributed by atoms with E-state index >= 15 is 0 Å². The van der Waals surface area contributed by atoms with E-state index in [2.05, 4.69) is 19.2 Å². The fourth-order valence-electron chi connectivity index (χ4n) is 6.50. The highest BCUT2D eigenvalue weighted by atomic mass is 16.1. The molecule has 19 heavy (non-hydrogen) atoms. The number of carbonyl (C=O) groups excluding carboxylic acids is 1. The van der Waals surface area contributed by atoms with Gasteiger partial charge in [0.25, 0.3) is 0 Å². The molecule has 0 radical (unpaired) electrons. The zero-order valence-corrected chi connectivity index (χ0v) is 12.4. The van der Waals surface area contributed by atoms with Crippen LogP contribution in [0.3, 0.4) is 0 Å². The van der Waals surface area contributed by atoms with Crippen LogP contribution in [0.1, 0.15) is 58.8 Å². The average Bonchev–Trinajstić information content (AvgIpc) is 2.20. The van der Waals surface area contributed by atoms with Gasteiger partial charge < -0.3 is 11.1 Å². The van der Waals surface area contributed by atoms with Gasteiger partial charge in [0.1, 0.15) is 0 Å². The largest absolute Gasteiger partial charge is 0.355 e. The van der Waals surface area contributed by atoms with E-state index in [4.69, 9.17) is 5.73 Å². The zero-order chi connectivity index (χ0) is 13.7. The molecular formula is C16H28N2O. The Morgan fingerprint density at radius 2 is 1.79 bits per heavy atom. The molecule has 4 aliphatic rings. The molecule has 4 bridgehead atoms. The highest BCUT2D eigenvalue weighted by molar-refractivity contribution is 5.76. The number of rotatable bonds is 4. The summed E-state index contributed by atoms with van der Waals surface area (Å²) in [5, 5.41) is 2.97. The van der Waals surface area contributed by atoms with Crippen LogP contribution in [0.15, 0.2) is 0 Å². The molecule has 2 unspecified atom stereocenters. The van der Waals surface area contributed by atoms with Gasteiger partial charge in [-0.25, -0.2) is 0 Å². The van der Waals surface area contributed by atoms with Crippen molar-refractivity contribution in [1.82, 2.24) is 5.32 Å². The maximum Gasteiger partial charge on any atom is 0.220 e. The van der Waals surface area contributed by atoms with Crippen molar-refractivity contribution in [2.75, 3.05) is 13.1 Å². The van der Waals surface area contributed by atoms with E-state index in [1.807, 2.05) is 0 Å². The first kappa shape index (κ1) is 13.4. The van der Waals surface area contributed by atoms with Crippen molar-refractivity contribution in [2.45, 2.75) is 58.8 Å². The lowest BCUT2D eigenvalue weighted by Gasteiger charge is -2.65. The van der Waals surface area contributed by atoms with Gasteiger partial charge in [0.05, 0.1) is 0 Å². The Morgan fingerprint density at radius 3 is 2.32 bits per heavy atom. The van der Waals surface area contributed by atoms with Crippen molar-refractivity contribution in [2.24, 2.45) is 27.9 Å². The van der Waals surface area contributed by atoms with Crippen molar-refractivity contribution < 1.29 is 4.79 Å². The maximum absolute atomic E-state index is 12.1. The second kappa shape index (κ2) is 4.21. The molecule has 2 atom stereocenters. The lowest BCUT2D eigenvalue weighted by atomic mass is 9.40. The van der Waals surface area contributed by atoms with Crippen molar-refractivity contribution in [3.8, 4) is 0 Å². The van der Waals surface area contributed by atoms with Gasteiger partial charge in [-0.1, -0.05) is 13.8 Å². The van der Waals surface area contributed by atoms with Crippen molar-refractivity contribution in [3.05, 3.63) is 0 Å². The van der Waals surface area contributed by atoms with Gasteiger partial charge in [-0.2, -0.15) is 0 Å². The molecule has 0 aromatic rings. The lowest BCUT2D eigenvalue weighted by Crippen LogP contribution is -2.56. The van der Waals surface area contributed by atoms with Crippen LogP contribution >= 0.6 is 0 Å². The predicted octanol–water partition coefficient (Wildman–Crippen LogP) is 2.45. The summed E-state index contributed by atoms with van der Waals surface area (Å²) in [5.41, 5.74) is 6.76. The van der Waals surface area contributed by atoms with Crippen LogP contribution in [0.25, 0.3) is 0 Å². The molecule has 4 saturated carbocycles. The summed E-state index contributed by atoms with van der Waals surface area (Å²) in [6.07, 6.45) is 8.72. The first-order chi connectivity index (χ1) is 8.86. The van der Waals surface area contributed by atoms with Gasteiger partial charge in [-0.3, -0.25) is 4.79 Å². The van der Waals surface area contributed by atoms with E-state index in [9.17, 15) is 4.79 Å². The Hall–Kier alpha value is -0.570. The van der Waals surface area contributed by atoms with Gasteiger partial charge in [0.15, 0.2) is 0 Å². The second-order valence-corrected chi connectivity index (χ2v) is 8.45. The summed E-state index contributed by atoms with van der Waals surface area (Å²) in [6, 6.07) is 0. The Labute approximate surface area is 116 Å². The fraction of sp³-hybridized carbons (Fsp3) is 0.938. The standard InChI is InChI=1S/C16H28N2O/c1-14-5-12-6-15(2,9-14)11-16(7-12,10-14)8-13(19)18-4-3-17/h12H,3-11,17H2,1-2H3,(H,18,19). The first-order valence-electron chi connectivity index (χ1n) is 7.83. The molecule has 0 saturated heterocycles. The molecule has 108 valence electrons. The Kier molecular flexibility index (Phi) is 2.97. The summed E-state index contributed by atoms with van der Waals surface area (Å²) in [6.45, 7) is 6.08. The molecule has 4 fully saturated rings. The minimum atomic E-state index is 0.222. The molecule has 3 heteroatoms. The normalized spacial score (nSPS) is 47.4. The third-order valence-corrected chi connectivity index (χ3v) is 5.74. The van der Waals surface area contributed by atoms with Crippen LogP contribution in [0.5, 0.6) is 0 Å². The molecule has 0 aromatic carbocycles. The van der Waals surface area contributed by atoms with Gasteiger partial charge in [-0.15, -0.1) is 0 Å². The van der Waals surface area contributed by atoms with Crippen LogP contribution in [0.2, 0.25) is 0 Å². The van der Waals surface area contributed by atoms with Crippen LogP contribution in [0.4, 0.5) is 0 Å². The molecule has 0 aliphatic heterocycles. The highest BCUT2D eigenvalue weighted by Crippen LogP contribution is 2.70. The Balaban J connectivity index is 1.75. The lowest BCUT2D eigenvalue weighted by molar-refractivity contribution is -0.156.